The predicted octanol–water partition coefficient (Wildman–Crippen LogP) is 0.509. The van der Waals surface area contributed by atoms with Gasteiger partial charge in [0.1, 0.15) is 16.7 Å². The number of aromatic amines is 2. The Bertz CT molecular complexity index is 868. The van der Waals surface area contributed by atoms with Gasteiger partial charge in [-0.1, -0.05) is 17.0 Å². The Hall–Kier alpha value is -3.06. The molecule has 0 aliphatic rings. The number of aromatic nitrogens is 7. The van der Waals surface area contributed by atoms with E-state index in [1.54, 1.807) is 24.5 Å². The van der Waals surface area contributed by atoms with Gasteiger partial charge in [0, 0.05) is 18.0 Å². The van der Waals surface area contributed by atoms with Crippen LogP contribution in [-0.2, 0) is 5.75 Å². The summed E-state index contributed by atoms with van der Waals surface area (Å²) in [6, 6.07) is 5.50. The Morgan fingerprint density at radius 2 is 2.14 bits per heavy atom. The summed E-state index contributed by atoms with van der Waals surface area (Å²) in [6.45, 7) is 0. The fourth-order valence-electron chi connectivity index (χ4n) is 1.77. The lowest BCUT2D eigenvalue weighted by Gasteiger charge is -2.07. The fraction of sp³-hybridized carbons (Fsp3) is 0.0833. The third-order valence-corrected chi connectivity index (χ3v) is 3.68. The van der Waals surface area contributed by atoms with Crippen LogP contribution in [-0.4, -0.2) is 35.6 Å². The molecule has 0 unspecified atom stereocenters. The lowest BCUT2D eigenvalue weighted by molar-refractivity contribution is 0.881. The second-order valence-corrected chi connectivity index (χ2v) is 5.03. The van der Waals surface area contributed by atoms with Crippen molar-refractivity contribution in [2.24, 2.45) is 0 Å². The van der Waals surface area contributed by atoms with Gasteiger partial charge in [0.15, 0.2) is 5.82 Å². The fourth-order valence-corrected chi connectivity index (χ4v) is 2.60. The quantitative estimate of drug-likeness (QED) is 0.525. The lowest BCUT2D eigenvalue weighted by atomic mass is 10.1. The third kappa shape index (κ3) is 2.84. The van der Waals surface area contributed by atoms with E-state index in [-0.39, 0.29) is 0 Å². The number of thioether (sulfide) groups is 1. The highest BCUT2D eigenvalue weighted by Gasteiger charge is 2.15. The summed E-state index contributed by atoms with van der Waals surface area (Å²) in [5, 5.41) is 23.2. The van der Waals surface area contributed by atoms with Gasteiger partial charge in [-0.2, -0.15) is 15.5 Å². The topological polar surface area (TPSA) is 137 Å². The highest BCUT2D eigenvalue weighted by molar-refractivity contribution is 7.98. The van der Waals surface area contributed by atoms with Crippen molar-refractivity contribution in [1.29, 1.82) is 5.26 Å². The van der Waals surface area contributed by atoms with Crippen LogP contribution in [0.1, 0.15) is 11.4 Å². The molecule has 0 saturated heterocycles. The molecule has 108 valence electrons. The van der Waals surface area contributed by atoms with Gasteiger partial charge in [0.05, 0.1) is 11.4 Å². The van der Waals surface area contributed by atoms with E-state index in [9.17, 15) is 10.1 Å². The first kappa shape index (κ1) is 13.9. The van der Waals surface area contributed by atoms with E-state index in [1.807, 2.05) is 0 Å². The van der Waals surface area contributed by atoms with Crippen LogP contribution in [0.15, 0.2) is 34.3 Å². The minimum atomic E-state index is -0.526. The lowest BCUT2D eigenvalue weighted by Crippen LogP contribution is -2.14. The van der Waals surface area contributed by atoms with Crippen LogP contribution in [0.4, 0.5) is 0 Å². The maximum absolute atomic E-state index is 11.8. The maximum Gasteiger partial charge on any atom is 0.346 e. The Morgan fingerprint density at radius 1 is 1.32 bits per heavy atom. The Labute approximate surface area is 127 Å². The first-order valence-corrected chi connectivity index (χ1v) is 7.06. The van der Waals surface area contributed by atoms with Crippen molar-refractivity contribution >= 4 is 11.8 Å². The molecule has 0 radical (unpaired) electrons. The Morgan fingerprint density at radius 3 is 2.82 bits per heavy atom. The van der Waals surface area contributed by atoms with Gasteiger partial charge >= 0.3 is 5.69 Å². The monoisotopic (exact) mass is 312 g/mol. The summed E-state index contributed by atoms with van der Waals surface area (Å²) in [5.41, 5.74) is 0.869. The molecular formula is C12H8N8OS. The minimum Gasteiger partial charge on any atom is -0.304 e. The van der Waals surface area contributed by atoms with E-state index in [0.717, 1.165) is 0 Å². The van der Waals surface area contributed by atoms with Gasteiger partial charge in [-0.25, -0.2) is 4.79 Å². The molecule has 0 saturated carbocycles. The molecule has 3 aromatic rings. The van der Waals surface area contributed by atoms with Crippen LogP contribution in [0, 0.1) is 11.3 Å². The molecule has 0 fully saturated rings. The van der Waals surface area contributed by atoms with Gasteiger partial charge in [0.2, 0.25) is 0 Å². The molecular weight excluding hydrogens is 304 g/mol. The maximum atomic E-state index is 11.8. The van der Waals surface area contributed by atoms with Crippen molar-refractivity contribution < 1.29 is 0 Å². The normalized spacial score (nSPS) is 10.3. The van der Waals surface area contributed by atoms with E-state index in [0.29, 0.717) is 33.4 Å². The van der Waals surface area contributed by atoms with Crippen molar-refractivity contribution in [3.63, 3.8) is 0 Å². The van der Waals surface area contributed by atoms with Crippen LogP contribution < -0.4 is 5.69 Å². The van der Waals surface area contributed by atoms with Gasteiger partial charge in [0.25, 0.3) is 0 Å². The van der Waals surface area contributed by atoms with Crippen LogP contribution in [0.3, 0.4) is 0 Å². The van der Waals surface area contributed by atoms with Crippen LogP contribution in [0.25, 0.3) is 11.3 Å². The second-order valence-electron chi connectivity index (χ2n) is 4.06. The number of nitrogens with one attached hydrogen (secondary N) is 2. The average Bonchev–Trinajstić information content (AvgIpc) is 3.06. The zero-order valence-electron chi connectivity index (χ0n) is 11.0. The first-order valence-electron chi connectivity index (χ1n) is 6.08. The minimum absolute atomic E-state index is 0.291. The van der Waals surface area contributed by atoms with Gasteiger partial charge in [-0.05, 0) is 12.1 Å². The highest BCUT2D eigenvalue weighted by atomic mass is 32.2. The number of nitrogens with zero attached hydrogens (tertiary/aromatic N) is 6. The molecule has 0 aliphatic heterocycles. The van der Waals surface area contributed by atoms with Crippen LogP contribution in [0.2, 0.25) is 0 Å². The number of tetrazole rings is 1. The molecule has 3 aromatic heterocycles. The molecule has 2 N–H and O–H groups in total. The molecule has 0 bridgehead atoms. The molecule has 3 heterocycles. The molecule has 0 aliphatic carbocycles. The Kier molecular flexibility index (Phi) is 3.88. The Balaban J connectivity index is 2.02. The smallest absolute Gasteiger partial charge is 0.304 e. The first-order chi connectivity index (χ1) is 10.8. The van der Waals surface area contributed by atoms with Gasteiger partial charge in [-0.3, -0.25) is 4.98 Å². The molecule has 10 heteroatoms. The number of pyridine rings is 1. The molecule has 3 rings (SSSR count). The zero-order valence-corrected chi connectivity index (χ0v) is 11.8. The highest BCUT2D eigenvalue weighted by Crippen LogP contribution is 2.27. The summed E-state index contributed by atoms with van der Waals surface area (Å²) < 4.78 is 0. The zero-order chi connectivity index (χ0) is 15.4. The molecule has 0 amide bonds. The molecule has 0 atom stereocenters. The van der Waals surface area contributed by atoms with Gasteiger partial charge in [-0.15, -0.1) is 10.2 Å². The molecule has 22 heavy (non-hydrogen) atoms. The van der Waals surface area contributed by atoms with Crippen molar-refractivity contribution in [3.05, 3.63) is 46.4 Å². The van der Waals surface area contributed by atoms with E-state index in [4.69, 9.17) is 0 Å². The SMILES string of the molecule is N#Cc1c(SCc2nn[nH]n2)nc(=O)[nH]c1-c1ccncc1. The number of nitriles is 1. The summed E-state index contributed by atoms with van der Waals surface area (Å²) in [4.78, 5) is 22.1. The average molecular weight is 312 g/mol. The molecule has 0 spiro atoms. The summed E-state index contributed by atoms with van der Waals surface area (Å²) in [6.07, 6.45) is 3.17. The second kappa shape index (κ2) is 6.15. The standard InChI is InChI=1S/C12H8N8OS/c13-5-8-10(7-1-3-14-4-2-7)15-12(21)16-11(8)22-6-9-17-19-20-18-9/h1-4H,6H2,(H,15,16,21)(H,17,18,19,20). The number of hydrogen-bond acceptors (Lipinski definition) is 8. The summed E-state index contributed by atoms with van der Waals surface area (Å²) >= 11 is 1.20. The summed E-state index contributed by atoms with van der Waals surface area (Å²) in [5.74, 6) is 0.804. The molecule has 9 nitrogen and oxygen atoms in total. The van der Waals surface area contributed by atoms with Crippen molar-refractivity contribution in [2.45, 2.75) is 10.8 Å². The number of hydrogen-bond donors (Lipinski definition) is 2. The molecule has 0 aromatic carbocycles. The summed E-state index contributed by atoms with van der Waals surface area (Å²) in [7, 11) is 0. The van der Waals surface area contributed by atoms with Crippen molar-refractivity contribution in [3.8, 4) is 17.3 Å². The predicted molar refractivity (Wildman–Crippen MR) is 76.5 cm³/mol. The van der Waals surface area contributed by atoms with Gasteiger partial charge < -0.3 is 4.98 Å². The largest absolute Gasteiger partial charge is 0.346 e. The van der Waals surface area contributed by atoms with Crippen molar-refractivity contribution in [1.82, 2.24) is 35.6 Å². The van der Waals surface area contributed by atoms with Crippen LogP contribution >= 0.6 is 11.8 Å². The van der Waals surface area contributed by atoms with Crippen LogP contribution in [0.5, 0.6) is 0 Å². The number of H-pyrrole nitrogens is 2. The van der Waals surface area contributed by atoms with E-state index < -0.39 is 5.69 Å². The third-order valence-electron chi connectivity index (χ3n) is 2.71. The van der Waals surface area contributed by atoms with E-state index in [2.05, 4.69) is 41.6 Å². The van der Waals surface area contributed by atoms with Crippen molar-refractivity contribution in [2.75, 3.05) is 0 Å². The van der Waals surface area contributed by atoms with E-state index >= 15 is 0 Å². The van der Waals surface area contributed by atoms with E-state index in [1.165, 1.54) is 11.8 Å². The number of rotatable bonds is 4.